The Labute approximate surface area is 200 Å². The molecule has 3 aromatic rings. The lowest BCUT2D eigenvalue weighted by Gasteiger charge is -2.29. The average molecular weight is 458 g/mol. The van der Waals surface area contributed by atoms with Crippen molar-refractivity contribution in [3.8, 4) is 11.3 Å². The molecule has 1 aliphatic heterocycles. The average Bonchev–Trinajstić information content (AvgIpc) is 3.14. The van der Waals surface area contributed by atoms with E-state index in [1.807, 2.05) is 42.3 Å². The zero-order valence-corrected chi connectivity index (χ0v) is 20.0. The van der Waals surface area contributed by atoms with E-state index in [1.54, 1.807) is 6.20 Å². The number of rotatable bonds is 4. The van der Waals surface area contributed by atoms with Crippen LogP contribution in [0.5, 0.6) is 0 Å². The van der Waals surface area contributed by atoms with E-state index >= 15 is 0 Å². The van der Waals surface area contributed by atoms with Crippen LogP contribution in [0.1, 0.15) is 60.3 Å². The van der Waals surface area contributed by atoms with Crippen molar-refractivity contribution in [1.29, 1.82) is 0 Å². The highest BCUT2D eigenvalue weighted by molar-refractivity contribution is 5.95. The molecule has 1 aliphatic carbocycles. The Morgan fingerprint density at radius 1 is 1.15 bits per heavy atom. The van der Waals surface area contributed by atoms with Gasteiger partial charge in [0.05, 0.1) is 11.8 Å². The molecule has 0 unspecified atom stereocenters. The number of benzene rings is 1. The lowest BCUT2D eigenvalue weighted by molar-refractivity contribution is 0.0546. The summed E-state index contributed by atoms with van der Waals surface area (Å²) in [4.78, 5) is 28.5. The van der Waals surface area contributed by atoms with Gasteiger partial charge in [0.25, 0.3) is 5.91 Å². The highest BCUT2D eigenvalue weighted by Crippen LogP contribution is 2.38. The monoisotopic (exact) mass is 457 g/mol. The molecule has 3 heterocycles. The van der Waals surface area contributed by atoms with E-state index in [4.69, 9.17) is 9.97 Å². The second-order valence-corrected chi connectivity index (χ2v) is 10.0. The molecule has 5 rings (SSSR count). The highest BCUT2D eigenvalue weighted by Gasteiger charge is 2.31. The first kappa shape index (κ1) is 22.5. The van der Waals surface area contributed by atoms with Gasteiger partial charge in [-0.3, -0.25) is 9.78 Å². The van der Waals surface area contributed by atoms with Crippen LogP contribution in [0.25, 0.3) is 11.3 Å². The number of amides is 1. The van der Waals surface area contributed by atoms with Crippen molar-refractivity contribution in [1.82, 2.24) is 19.9 Å². The summed E-state index contributed by atoms with van der Waals surface area (Å²) in [5, 5.41) is 13.0. The minimum absolute atomic E-state index is 0.00633. The number of anilines is 2. The van der Waals surface area contributed by atoms with Crippen LogP contribution in [0.2, 0.25) is 0 Å². The number of likely N-dealkylation sites (tertiary alicyclic amines) is 1. The van der Waals surface area contributed by atoms with Crippen LogP contribution in [0.4, 0.5) is 11.6 Å². The van der Waals surface area contributed by atoms with Crippen molar-refractivity contribution in [3.05, 3.63) is 65.1 Å². The van der Waals surface area contributed by atoms with Crippen LogP contribution in [-0.4, -0.2) is 50.1 Å². The van der Waals surface area contributed by atoms with Gasteiger partial charge in [-0.05, 0) is 79.5 Å². The maximum Gasteiger partial charge on any atom is 0.253 e. The minimum atomic E-state index is -0.299. The molecule has 2 aromatic heterocycles. The second kappa shape index (κ2) is 8.80. The van der Waals surface area contributed by atoms with Crippen LogP contribution < -0.4 is 5.32 Å². The maximum absolute atomic E-state index is 12.8. The van der Waals surface area contributed by atoms with Crippen molar-refractivity contribution in [2.75, 3.05) is 18.4 Å². The van der Waals surface area contributed by atoms with Crippen molar-refractivity contribution in [2.24, 2.45) is 0 Å². The number of aliphatic hydroxyl groups is 1. The van der Waals surface area contributed by atoms with Gasteiger partial charge in [-0.1, -0.05) is 13.8 Å². The third-order valence-electron chi connectivity index (χ3n) is 7.11. The third-order valence-corrected chi connectivity index (χ3v) is 7.11. The van der Waals surface area contributed by atoms with E-state index in [-0.39, 0.29) is 17.4 Å². The molecule has 7 heteroatoms. The SMILES string of the molecule is Cc1cc(C(=O)N2CCC(O)CC2)ccc1Nc1nccc(-c2cnc3c(c2)C(C)(C)CC3)n1. The van der Waals surface area contributed by atoms with Crippen LogP contribution in [0, 0.1) is 6.92 Å². The molecule has 2 N–H and O–H groups in total. The second-order valence-electron chi connectivity index (χ2n) is 10.0. The molecule has 176 valence electrons. The standard InChI is InChI=1S/C27H31N5O2/c1-17-14-18(25(34)32-12-8-20(33)9-13-32)4-5-22(17)30-26-28-11-7-23(31-26)19-15-21-24(29-16-19)6-10-27(21,2)3/h4-5,7,11,14-16,20,33H,6,8-10,12-13H2,1-3H3,(H,28,30,31). The lowest BCUT2D eigenvalue weighted by atomic mass is 9.86. The van der Waals surface area contributed by atoms with Crippen LogP contribution >= 0.6 is 0 Å². The number of aromatic nitrogens is 3. The van der Waals surface area contributed by atoms with Gasteiger partial charge < -0.3 is 15.3 Å². The number of carbonyl (C=O) groups is 1. The molecular weight excluding hydrogens is 426 g/mol. The molecule has 7 nitrogen and oxygen atoms in total. The fourth-order valence-electron chi connectivity index (χ4n) is 4.87. The Morgan fingerprint density at radius 2 is 1.94 bits per heavy atom. The smallest absolute Gasteiger partial charge is 0.253 e. The van der Waals surface area contributed by atoms with E-state index < -0.39 is 0 Å². The number of nitrogens with one attached hydrogen (secondary N) is 1. The summed E-state index contributed by atoms with van der Waals surface area (Å²) in [6.45, 7) is 7.68. The molecule has 0 saturated carbocycles. The Balaban J connectivity index is 1.34. The van der Waals surface area contributed by atoms with Gasteiger partial charge in [0, 0.05) is 48.0 Å². The summed E-state index contributed by atoms with van der Waals surface area (Å²) < 4.78 is 0. The van der Waals surface area contributed by atoms with E-state index in [0.717, 1.165) is 35.3 Å². The normalized spacial score (nSPS) is 17.5. The van der Waals surface area contributed by atoms with E-state index in [9.17, 15) is 9.90 Å². The zero-order valence-electron chi connectivity index (χ0n) is 20.0. The van der Waals surface area contributed by atoms with Crippen molar-refractivity contribution >= 4 is 17.5 Å². The molecule has 34 heavy (non-hydrogen) atoms. The number of carbonyl (C=O) groups excluding carboxylic acids is 1. The zero-order chi connectivity index (χ0) is 23.9. The van der Waals surface area contributed by atoms with Crippen LogP contribution in [0.3, 0.4) is 0 Å². The molecule has 0 atom stereocenters. The largest absolute Gasteiger partial charge is 0.393 e. The number of pyridine rings is 1. The lowest BCUT2D eigenvalue weighted by Crippen LogP contribution is -2.40. The van der Waals surface area contributed by atoms with Crippen molar-refractivity contribution in [3.63, 3.8) is 0 Å². The minimum Gasteiger partial charge on any atom is -0.393 e. The Kier molecular flexibility index (Phi) is 5.81. The number of aryl methyl sites for hydroxylation is 2. The quantitative estimate of drug-likeness (QED) is 0.603. The first-order valence-corrected chi connectivity index (χ1v) is 12.0. The van der Waals surface area contributed by atoms with Gasteiger partial charge in [-0.25, -0.2) is 9.97 Å². The van der Waals surface area contributed by atoms with E-state index in [0.29, 0.717) is 37.4 Å². The van der Waals surface area contributed by atoms with Gasteiger partial charge in [0.1, 0.15) is 0 Å². The van der Waals surface area contributed by atoms with Gasteiger partial charge in [0.15, 0.2) is 0 Å². The fourth-order valence-corrected chi connectivity index (χ4v) is 4.87. The number of aliphatic hydroxyl groups excluding tert-OH is 1. The summed E-state index contributed by atoms with van der Waals surface area (Å²) in [5.41, 5.74) is 6.89. The van der Waals surface area contributed by atoms with Crippen LogP contribution in [-0.2, 0) is 11.8 Å². The number of piperidine rings is 1. The first-order valence-electron chi connectivity index (χ1n) is 12.0. The predicted molar refractivity (Wildman–Crippen MR) is 132 cm³/mol. The summed E-state index contributed by atoms with van der Waals surface area (Å²) in [6.07, 6.45) is 6.76. The molecule has 0 radical (unpaired) electrons. The molecule has 1 fully saturated rings. The third kappa shape index (κ3) is 4.40. The topological polar surface area (TPSA) is 91.2 Å². The molecule has 0 bridgehead atoms. The van der Waals surface area contributed by atoms with Gasteiger partial charge >= 0.3 is 0 Å². The summed E-state index contributed by atoms with van der Waals surface area (Å²) in [6, 6.07) is 9.75. The molecular formula is C27H31N5O2. The number of hydrogen-bond acceptors (Lipinski definition) is 6. The fraction of sp³-hybridized carbons (Fsp3) is 0.407. The van der Waals surface area contributed by atoms with Crippen molar-refractivity contribution < 1.29 is 9.90 Å². The molecule has 2 aliphatic rings. The molecule has 1 aromatic carbocycles. The Bertz CT molecular complexity index is 1230. The summed E-state index contributed by atoms with van der Waals surface area (Å²) >= 11 is 0. The molecule has 1 amide bonds. The Morgan fingerprint density at radius 3 is 2.71 bits per heavy atom. The summed E-state index contributed by atoms with van der Waals surface area (Å²) in [7, 11) is 0. The van der Waals surface area contributed by atoms with Gasteiger partial charge in [-0.15, -0.1) is 0 Å². The van der Waals surface area contributed by atoms with Gasteiger partial charge in [-0.2, -0.15) is 0 Å². The molecule has 1 saturated heterocycles. The van der Waals surface area contributed by atoms with E-state index in [1.165, 1.54) is 11.3 Å². The highest BCUT2D eigenvalue weighted by atomic mass is 16.3. The summed E-state index contributed by atoms with van der Waals surface area (Å²) in [5.74, 6) is 0.510. The Hall–Kier alpha value is -3.32. The number of hydrogen-bond donors (Lipinski definition) is 2. The molecule has 0 spiro atoms. The van der Waals surface area contributed by atoms with Crippen molar-refractivity contribution in [2.45, 2.75) is 58.0 Å². The van der Waals surface area contributed by atoms with E-state index in [2.05, 4.69) is 30.2 Å². The number of nitrogens with zero attached hydrogens (tertiary/aromatic N) is 4. The first-order chi connectivity index (χ1) is 16.3. The van der Waals surface area contributed by atoms with Crippen LogP contribution in [0.15, 0.2) is 42.7 Å². The number of fused-ring (bicyclic) bond motifs is 1. The maximum atomic E-state index is 12.8. The predicted octanol–water partition coefficient (Wildman–Crippen LogP) is 4.41. The van der Waals surface area contributed by atoms with Gasteiger partial charge in [0.2, 0.25) is 5.95 Å².